The number of nitrogens with zero attached hydrogens (tertiary/aromatic N) is 2. The summed E-state index contributed by atoms with van der Waals surface area (Å²) in [5.41, 5.74) is 3.55. The van der Waals surface area contributed by atoms with Crippen LogP contribution in [0, 0.1) is 22.0 Å². The van der Waals surface area contributed by atoms with E-state index in [2.05, 4.69) is 4.99 Å². The van der Waals surface area contributed by atoms with Crippen LogP contribution in [0.4, 0.5) is 5.69 Å². The number of nitro groups is 1. The third-order valence-electron chi connectivity index (χ3n) is 4.29. The van der Waals surface area contributed by atoms with Gasteiger partial charge in [0.1, 0.15) is 6.73 Å². The molecule has 5 nitrogen and oxygen atoms in total. The Labute approximate surface area is 111 Å². The van der Waals surface area contributed by atoms with Crippen LogP contribution in [0.5, 0.6) is 0 Å². The average molecular weight is 260 g/mol. The fourth-order valence-electron chi connectivity index (χ4n) is 3.43. The van der Waals surface area contributed by atoms with E-state index < -0.39 is 0 Å². The second kappa shape index (κ2) is 4.74. The van der Waals surface area contributed by atoms with Crippen LogP contribution in [0.15, 0.2) is 23.2 Å². The van der Waals surface area contributed by atoms with Crippen LogP contribution in [-0.2, 0) is 12.8 Å². The summed E-state index contributed by atoms with van der Waals surface area (Å²) in [6.07, 6.45) is 3.89. The summed E-state index contributed by atoms with van der Waals surface area (Å²) in [6.45, 7) is -0.154. The second-order valence-corrected chi connectivity index (χ2v) is 5.31. The smallest absolute Gasteiger partial charge is 0.269 e. The molecule has 0 aromatic heterocycles. The first-order chi connectivity index (χ1) is 9.19. The lowest BCUT2D eigenvalue weighted by atomic mass is 9.93. The van der Waals surface area contributed by atoms with E-state index in [9.17, 15) is 10.1 Å². The monoisotopic (exact) mass is 260 g/mol. The largest absolute Gasteiger partial charge is 0.375 e. The van der Waals surface area contributed by atoms with E-state index in [4.69, 9.17) is 5.11 Å². The van der Waals surface area contributed by atoms with E-state index in [1.165, 1.54) is 5.56 Å². The summed E-state index contributed by atoms with van der Waals surface area (Å²) in [7, 11) is 0. The molecule has 0 heterocycles. The molecule has 3 rings (SSSR count). The Hall–Kier alpha value is -1.75. The van der Waals surface area contributed by atoms with Crippen molar-refractivity contribution in [1.82, 2.24) is 0 Å². The summed E-state index contributed by atoms with van der Waals surface area (Å²) in [6, 6.07) is 5.16. The lowest BCUT2D eigenvalue weighted by molar-refractivity contribution is -0.384. The first-order valence-corrected chi connectivity index (χ1v) is 6.60. The van der Waals surface area contributed by atoms with Gasteiger partial charge in [-0.1, -0.05) is 6.07 Å². The maximum Gasteiger partial charge on any atom is 0.269 e. The van der Waals surface area contributed by atoms with Crippen LogP contribution >= 0.6 is 0 Å². The van der Waals surface area contributed by atoms with Crippen molar-refractivity contribution in [2.75, 3.05) is 6.73 Å². The number of fused-ring (bicyclic) bond motifs is 3. The van der Waals surface area contributed by atoms with Gasteiger partial charge in [-0.25, -0.2) is 0 Å². The van der Waals surface area contributed by atoms with Crippen LogP contribution in [-0.4, -0.2) is 22.5 Å². The molecule has 19 heavy (non-hydrogen) atoms. The molecule has 1 saturated carbocycles. The SMILES string of the molecule is O=[N+]([O-])c1ccc2c(c1)CC1CCC(C2)/C1=N/CO. The van der Waals surface area contributed by atoms with Crippen molar-refractivity contribution in [2.45, 2.75) is 25.7 Å². The number of benzene rings is 1. The van der Waals surface area contributed by atoms with E-state index in [1.54, 1.807) is 12.1 Å². The molecule has 0 saturated heterocycles. The molecule has 0 aliphatic heterocycles. The minimum Gasteiger partial charge on any atom is -0.375 e. The quantitative estimate of drug-likeness (QED) is 0.653. The number of aliphatic hydroxyl groups excluding tert-OH is 1. The highest BCUT2D eigenvalue weighted by Crippen LogP contribution is 2.38. The minimum absolute atomic E-state index is 0.154. The van der Waals surface area contributed by atoms with E-state index >= 15 is 0 Å². The van der Waals surface area contributed by atoms with E-state index in [0.29, 0.717) is 11.8 Å². The van der Waals surface area contributed by atoms with Gasteiger partial charge in [-0.3, -0.25) is 15.1 Å². The number of hydrogen-bond donors (Lipinski definition) is 1. The Kier molecular flexibility index (Phi) is 3.06. The maximum atomic E-state index is 10.8. The Morgan fingerprint density at radius 2 is 1.95 bits per heavy atom. The number of aliphatic hydroxyl groups is 1. The molecule has 100 valence electrons. The highest BCUT2D eigenvalue weighted by atomic mass is 16.6. The van der Waals surface area contributed by atoms with Gasteiger partial charge in [0.05, 0.1) is 4.92 Å². The first-order valence-electron chi connectivity index (χ1n) is 6.60. The molecule has 0 amide bonds. The molecule has 2 bridgehead atoms. The summed E-state index contributed by atoms with van der Waals surface area (Å²) in [5.74, 6) is 0.750. The third-order valence-corrected chi connectivity index (χ3v) is 4.29. The Morgan fingerprint density at radius 1 is 1.26 bits per heavy atom. The molecule has 2 aliphatic rings. The molecule has 1 aromatic rings. The molecule has 5 heteroatoms. The van der Waals surface area contributed by atoms with Crippen LogP contribution in [0.25, 0.3) is 0 Å². The van der Waals surface area contributed by atoms with Crippen molar-refractivity contribution in [1.29, 1.82) is 0 Å². The van der Waals surface area contributed by atoms with E-state index in [-0.39, 0.29) is 17.3 Å². The fraction of sp³-hybridized carbons (Fsp3) is 0.500. The summed E-state index contributed by atoms with van der Waals surface area (Å²) in [5, 5.41) is 19.9. The lowest BCUT2D eigenvalue weighted by Crippen LogP contribution is -2.15. The van der Waals surface area contributed by atoms with Gasteiger partial charge in [-0.15, -0.1) is 0 Å². The highest BCUT2D eigenvalue weighted by Gasteiger charge is 2.35. The van der Waals surface area contributed by atoms with Gasteiger partial charge in [0.15, 0.2) is 0 Å². The van der Waals surface area contributed by atoms with Gasteiger partial charge < -0.3 is 5.11 Å². The number of aliphatic imine (C=N–C) groups is 1. The van der Waals surface area contributed by atoms with Crippen molar-refractivity contribution in [3.05, 3.63) is 39.4 Å². The summed E-state index contributed by atoms with van der Waals surface area (Å²) in [4.78, 5) is 14.8. The van der Waals surface area contributed by atoms with Crippen LogP contribution in [0.1, 0.15) is 24.0 Å². The zero-order chi connectivity index (χ0) is 13.4. The predicted octanol–water partition coefficient (Wildman–Crippen LogP) is 2.11. The zero-order valence-electron chi connectivity index (χ0n) is 10.6. The third kappa shape index (κ3) is 2.14. The molecule has 1 aromatic carbocycles. The van der Waals surface area contributed by atoms with E-state index in [0.717, 1.165) is 37.0 Å². The number of nitro benzene ring substituents is 1. The van der Waals surface area contributed by atoms with Gasteiger partial charge in [-0.2, -0.15) is 0 Å². The molecule has 1 N–H and O–H groups in total. The minimum atomic E-state index is -0.341. The van der Waals surface area contributed by atoms with Crippen molar-refractivity contribution in [3.63, 3.8) is 0 Å². The molecular weight excluding hydrogens is 244 g/mol. The van der Waals surface area contributed by atoms with Crippen molar-refractivity contribution in [2.24, 2.45) is 16.8 Å². The molecular formula is C14H16N2O3. The van der Waals surface area contributed by atoms with E-state index in [1.807, 2.05) is 6.07 Å². The van der Waals surface area contributed by atoms with Gasteiger partial charge in [0, 0.05) is 29.7 Å². The summed E-state index contributed by atoms with van der Waals surface area (Å²) < 4.78 is 0. The highest BCUT2D eigenvalue weighted by molar-refractivity contribution is 5.92. The molecule has 1 fully saturated rings. The van der Waals surface area contributed by atoms with Crippen molar-refractivity contribution < 1.29 is 10.0 Å². The molecule has 2 atom stereocenters. The standard InChI is InChI=1S/C14H16N2O3/c17-8-15-14-10-1-2-11(14)6-12-7-13(16(18)19)4-3-9(12)5-10/h3-4,7,10-11,17H,1-2,5-6,8H2/b15-14-. The average Bonchev–Trinajstić information content (AvgIpc) is 2.66. The van der Waals surface area contributed by atoms with Gasteiger partial charge >= 0.3 is 0 Å². The van der Waals surface area contributed by atoms with Crippen molar-refractivity contribution in [3.8, 4) is 0 Å². The molecule has 0 radical (unpaired) electrons. The van der Waals surface area contributed by atoms with Crippen LogP contribution in [0.2, 0.25) is 0 Å². The lowest BCUT2D eigenvalue weighted by Gasteiger charge is -2.11. The zero-order valence-corrected chi connectivity index (χ0v) is 10.6. The molecule has 0 spiro atoms. The molecule has 2 unspecified atom stereocenters. The Bertz CT molecular complexity index is 554. The molecule has 2 aliphatic carbocycles. The Balaban J connectivity index is 1.99. The maximum absolute atomic E-state index is 10.8. The van der Waals surface area contributed by atoms with Gasteiger partial charge in [0.25, 0.3) is 5.69 Å². The topological polar surface area (TPSA) is 75.7 Å². The van der Waals surface area contributed by atoms with Crippen molar-refractivity contribution >= 4 is 11.4 Å². The first kappa shape index (κ1) is 12.3. The van der Waals surface area contributed by atoms with Gasteiger partial charge in [0.2, 0.25) is 0 Å². The van der Waals surface area contributed by atoms with Crippen LogP contribution < -0.4 is 0 Å². The second-order valence-electron chi connectivity index (χ2n) is 5.31. The number of hydrogen-bond acceptors (Lipinski definition) is 4. The number of rotatable bonds is 2. The fourth-order valence-corrected chi connectivity index (χ4v) is 3.43. The number of non-ortho nitro benzene ring substituents is 1. The van der Waals surface area contributed by atoms with Crippen LogP contribution in [0.3, 0.4) is 0 Å². The van der Waals surface area contributed by atoms with Gasteiger partial charge in [-0.05, 0) is 36.8 Å². The predicted molar refractivity (Wildman–Crippen MR) is 71.2 cm³/mol. The summed E-state index contributed by atoms with van der Waals surface area (Å²) >= 11 is 0. The Morgan fingerprint density at radius 3 is 2.58 bits per heavy atom. The normalized spacial score (nSPS) is 27.1.